The van der Waals surface area contributed by atoms with Crippen molar-refractivity contribution in [1.29, 1.82) is 0 Å². The fraction of sp³-hybridized carbons (Fsp3) is 0.500. The molecule has 6 heteroatoms. The first kappa shape index (κ1) is 16.1. The van der Waals surface area contributed by atoms with E-state index in [0.29, 0.717) is 12.1 Å². The summed E-state index contributed by atoms with van der Waals surface area (Å²) in [6.07, 6.45) is 6.93. The van der Waals surface area contributed by atoms with Gasteiger partial charge in [-0.15, -0.1) is 0 Å². The number of para-hydroxylation sites is 1. The molecule has 0 spiro atoms. The molecule has 1 aliphatic heterocycles. The first-order chi connectivity index (χ1) is 10.6. The molecule has 0 aliphatic carbocycles. The highest BCUT2D eigenvalue weighted by Gasteiger charge is 2.25. The van der Waals surface area contributed by atoms with Gasteiger partial charge in [0.1, 0.15) is 5.56 Å². The van der Waals surface area contributed by atoms with Gasteiger partial charge in [-0.25, -0.2) is 0 Å². The maximum atomic E-state index is 11.9. The molecule has 6 nitrogen and oxygen atoms in total. The molecule has 0 aromatic heterocycles. The fourth-order valence-electron chi connectivity index (χ4n) is 2.59. The topological polar surface area (TPSA) is 81.6 Å². The minimum Gasteiger partial charge on any atom is -0.857 e. The highest BCUT2D eigenvalue weighted by molar-refractivity contribution is 5.83. The van der Waals surface area contributed by atoms with Crippen LogP contribution in [0.5, 0.6) is 0 Å². The van der Waals surface area contributed by atoms with E-state index in [0.717, 1.165) is 19.3 Å². The summed E-state index contributed by atoms with van der Waals surface area (Å²) >= 11 is 0. The van der Waals surface area contributed by atoms with Gasteiger partial charge in [0, 0.05) is 12.0 Å². The molecule has 1 aliphatic rings. The maximum Gasteiger partial charge on any atom is 0.282 e. The van der Waals surface area contributed by atoms with Crippen LogP contribution in [0.25, 0.3) is 0 Å². The predicted octanol–water partition coefficient (Wildman–Crippen LogP) is 2.30. The standard InChI is InChI=1S/C16H21N3O3/c1-2-3-4-5-9-14-12-18(17-16(14)20)11-13-8-6-7-10-15(13)19(21)22/h6-8,10-11,14H,2-5,9,12H2,1H3/b18-11-/t14-/m0/s1. The van der Waals surface area contributed by atoms with Gasteiger partial charge >= 0.3 is 0 Å². The summed E-state index contributed by atoms with van der Waals surface area (Å²) in [7, 11) is 0. The molecule has 0 saturated heterocycles. The molecule has 1 aromatic rings. The lowest BCUT2D eigenvalue weighted by Crippen LogP contribution is -2.26. The Bertz CT molecular complexity index is 596. The van der Waals surface area contributed by atoms with Crippen LogP contribution < -0.4 is 5.11 Å². The number of nitrogens with zero attached hydrogens (tertiary/aromatic N) is 3. The van der Waals surface area contributed by atoms with Gasteiger partial charge < -0.3 is 5.11 Å². The summed E-state index contributed by atoms with van der Waals surface area (Å²) in [6, 6.07) is 6.47. The van der Waals surface area contributed by atoms with Crippen LogP contribution in [0, 0.1) is 16.0 Å². The van der Waals surface area contributed by atoms with Crippen LogP contribution in [-0.4, -0.2) is 28.3 Å². The minimum absolute atomic E-state index is 0.0246. The van der Waals surface area contributed by atoms with Gasteiger partial charge in [0.15, 0.2) is 6.54 Å². The molecule has 0 N–H and O–H groups in total. The Kier molecular flexibility index (Phi) is 5.63. The van der Waals surface area contributed by atoms with Gasteiger partial charge in [-0.3, -0.25) is 10.1 Å². The Morgan fingerprint density at radius 1 is 1.36 bits per heavy atom. The van der Waals surface area contributed by atoms with Gasteiger partial charge in [-0.05, 0) is 17.6 Å². The smallest absolute Gasteiger partial charge is 0.282 e. The van der Waals surface area contributed by atoms with E-state index in [4.69, 9.17) is 0 Å². The summed E-state index contributed by atoms with van der Waals surface area (Å²) < 4.78 is 1.54. The van der Waals surface area contributed by atoms with Gasteiger partial charge in [-0.1, -0.05) is 49.4 Å². The van der Waals surface area contributed by atoms with Crippen molar-refractivity contribution in [3.8, 4) is 0 Å². The lowest BCUT2D eigenvalue weighted by molar-refractivity contribution is -0.523. The molecule has 0 saturated carbocycles. The molecule has 2 rings (SSSR count). The Morgan fingerprint density at radius 3 is 2.86 bits per heavy atom. The lowest BCUT2D eigenvalue weighted by Gasteiger charge is -2.10. The number of hydrogen-bond donors (Lipinski definition) is 0. The molecular weight excluding hydrogens is 282 g/mol. The highest BCUT2D eigenvalue weighted by atomic mass is 16.6. The van der Waals surface area contributed by atoms with Gasteiger partial charge in [0.25, 0.3) is 5.69 Å². The summed E-state index contributed by atoms with van der Waals surface area (Å²) in [6.45, 7) is 2.66. The normalized spacial score (nSPS) is 19.4. The number of rotatable bonds is 7. The van der Waals surface area contributed by atoms with E-state index in [-0.39, 0.29) is 17.5 Å². The molecule has 0 bridgehead atoms. The van der Waals surface area contributed by atoms with Crippen molar-refractivity contribution < 1.29 is 14.7 Å². The van der Waals surface area contributed by atoms with E-state index in [1.807, 2.05) is 0 Å². The Hall–Kier alpha value is -2.24. The zero-order chi connectivity index (χ0) is 15.9. The van der Waals surface area contributed by atoms with Crippen LogP contribution in [0.15, 0.2) is 29.4 Å². The van der Waals surface area contributed by atoms with E-state index in [1.165, 1.54) is 23.6 Å². The first-order valence-electron chi connectivity index (χ1n) is 7.72. The zero-order valence-electron chi connectivity index (χ0n) is 12.8. The van der Waals surface area contributed by atoms with Crippen LogP contribution >= 0.6 is 0 Å². The van der Waals surface area contributed by atoms with Crippen molar-refractivity contribution in [3.63, 3.8) is 0 Å². The van der Waals surface area contributed by atoms with E-state index >= 15 is 0 Å². The van der Waals surface area contributed by atoms with Crippen LogP contribution in [0.3, 0.4) is 0 Å². The first-order valence-corrected chi connectivity index (χ1v) is 7.72. The molecule has 1 atom stereocenters. The second kappa shape index (κ2) is 7.68. The molecule has 1 heterocycles. The maximum absolute atomic E-state index is 11.9. The number of unbranched alkanes of at least 4 members (excludes halogenated alkanes) is 3. The largest absolute Gasteiger partial charge is 0.857 e. The summed E-state index contributed by atoms with van der Waals surface area (Å²) in [5, 5.41) is 26.9. The second-order valence-corrected chi connectivity index (χ2v) is 5.55. The van der Waals surface area contributed by atoms with Gasteiger partial charge in [0.2, 0.25) is 6.21 Å². The van der Waals surface area contributed by atoms with Crippen LogP contribution in [-0.2, 0) is 0 Å². The SMILES string of the molecule is CCCCCC[C@H]1C/[N+](=C/c2ccccc2[N+](=O)[O-])N=C1[O-]. The Labute approximate surface area is 129 Å². The lowest BCUT2D eigenvalue weighted by atomic mass is 10.0. The predicted molar refractivity (Wildman–Crippen MR) is 83.1 cm³/mol. The zero-order valence-corrected chi connectivity index (χ0v) is 12.8. The summed E-state index contributed by atoms with van der Waals surface area (Å²) in [4.78, 5) is 10.6. The van der Waals surface area contributed by atoms with Crippen molar-refractivity contribution in [2.45, 2.75) is 39.0 Å². The van der Waals surface area contributed by atoms with E-state index in [1.54, 1.807) is 24.4 Å². The molecule has 0 unspecified atom stereocenters. The molecular formula is C16H21N3O3. The van der Waals surface area contributed by atoms with Crippen molar-refractivity contribution in [2.24, 2.45) is 11.0 Å². The Morgan fingerprint density at radius 2 is 2.14 bits per heavy atom. The summed E-state index contributed by atoms with van der Waals surface area (Å²) in [5.74, 6) is -0.206. The van der Waals surface area contributed by atoms with Gasteiger partial charge in [-0.2, -0.15) is 0 Å². The number of hydrogen-bond acceptors (Lipinski definition) is 4. The molecule has 118 valence electrons. The van der Waals surface area contributed by atoms with Crippen molar-refractivity contribution >= 4 is 17.8 Å². The van der Waals surface area contributed by atoms with E-state index in [9.17, 15) is 15.2 Å². The van der Waals surface area contributed by atoms with E-state index < -0.39 is 4.92 Å². The minimum atomic E-state index is -0.425. The quantitative estimate of drug-likeness (QED) is 0.335. The fourth-order valence-corrected chi connectivity index (χ4v) is 2.59. The molecule has 1 aromatic carbocycles. The monoisotopic (exact) mass is 303 g/mol. The average Bonchev–Trinajstić information content (AvgIpc) is 2.84. The number of nitro benzene ring substituents is 1. The van der Waals surface area contributed by atoms with Gasteiger partial charge in [0.05, 0.1) is 10.8 Å². The Balaban J connectivity index is 2.04. The van der Waals surface area contributed by atoms with Crippen molar-refractivity contribution in [2.75, 3.05) is 6.54 Å². The molecule has 0 radical (unpaired) electrons. The van der Waals surface area contributed by atoms with Crippen LogP contribution in [0.1, 0.15) is 44.6 Å². The average molecular weight is 303 g/mol. The van der Waals surface area contributed by atoms with Crippen LogP contribution in [0.4, 0.5) is 5.69 Å². The van der Waals surface area contributed by atoms with Crippen molar-refractivity contribution in [1.82, 2.24) is 0 Å². The molecule has 22 heavy (non-hydrogen) atoms. The molecule has 0 amide bonds. The highest BCUT2D eigenvalue weighted by Crippen LogP contribution is 2.18. The third kappa shape index (κ3) is 4.13. The third-order valence-electron chi connectivity index (χ3n) is 3.81. The van der Waals surface area contributed by atoms with Crippen molar-refractivity contribution in [3.05, 3.63) is 39.9 Å². The number of benzene rings is 1. The number of nitro groups is 1. The molecule has 0 fully saturated rings. The second-order valence-electron chi connectivity index (χ2n) is 5.55. The number of hydrazone groups is 1. The van der Waals surface area contributed by atoms with Crippen LogP contribution in [0.2, 0.25) is 0 Å². The van der Waals surface area contributed by atoms with E-state index in [2.05, 4.69) is 12.0 Å². The third-order valence-corrected chi connectivity index (χ3v) is 3.81. The summed E-state index contributed by atoms with van der Waals surface area (Å²) in [5.41, 5.74) is 0.493.